The minimum Gasteiger partial charge on any atom is -0.478 e. The summed E-state index contributed by atoms with van der Waals surface area (Å²) in [5.74, 6) is -0.213. The van der Waals surface area contributed by atoms with Gasteiger partial charge in [-0.05, 0) is 42.5 Å². The fourth-order valence-corrected chi connectivity index (χ4v) is 3.84. The number of carboxylic acid groups (broad SMARTS) is 1. The molecule has 1 aromatic carbocycles. The number of nitrogens with one attached hydrogen (secondary N) is 1. The summed E-state index contributed by atoms with van der Waals surface area (Å²) in [6, 6.07) is 7.09. The molecule has 0 atom stereocenters. The van der Waals surface area contributed by atoms with Crippen LogP contribution >= 0.6 is 11.3 Å². The lowest BCUT2D eigenvalue weighted by Crippen LogP contribution is -2.08. The van der Waals surface area contributed by atoms with Crippen LogP contribution in [0.5, 0.6) is 0 Å². The highest BCUT2D eigenvalue weighted by molar-refractivity contribution is 7.18. The molecule has 24 heavy (non-hydrogen) atoms. The zero-order chi connectivity index (χ0) is 16.7. The Bertz CT molecular complexity index is 1030. The van der Waals surface area contributed by atoms with Crippen LogP contribution in [0.4, 0.5) is 5.82 Å². The summed E-state index contributed by atoms with van der Waals surface area (Å²) in [4.78, 5) is 15.9. The number of allylic oxidation sites excluding steroid dienone is 3. The van der Waals surface area contributed by atoms with Gasteiger partial charge < -0.3 is 16.2 Å². The summed E-state index contributed by atoms with van der Waals surface area (Å²) >= 11 is 1.62. The van der Waals surface area contributed by atoms with Gasteiger partial charge in [-0.15, -0.1) is 11.3 Å². The van der Waals surface area contributed by atoms with Crippen molar-refractivity contribution in [1.82, 2.24) is 4.98 Å². The topological polar surface area (TPSA) is 88.2 Å². The van der Waals surface area contributed by atoms with Crippen LogP contribution in [0.1, 0.15) is 23.2 Å². The summed E-state index contributed by atoms with van der Waals surface area (Å²) in [7, 11) is 0. The van der Waals surface area contributed by atoms with Crippen LogP contribution in [0.15, 0.2) is 53.2 Å². The number of pyridine rings is 1. The number of nitrogens with two attached hydrogens (primary N) is 1. The Balaban J connectivity index is 1.88. The van der Waals surface area contributed by atoms with Gasteiger partial charge in [-0.2, -0.15) is 0 Å². The van der Waals surface area contributed by atoms with Gasteiger partial charge in [0.15, 0.2) is 0 Å². The number of carbonyl (C=O) groups is 1. The van der Waals surface area contributed by atoms with Crippen molar-refractivity contribution < 1.29 is 9.90 Å². The molecule has 4 N–H and O–H groups in total. The minimum atomic E-state index is -0.951. The number of aromatic nitrogens is 1. The number of hydrogen-bond acceptors (Lipinski definition) is 5. The predicted molar refractivity (Wildman–Crippen MR) is 97.3 cm³/mol. The van der Waals surface area contributed by atoms with Crippen LogP contribution in [0.3, 0.4) is 0 Å². The Labute approximate surface area is 142 Å². The second-order valence-electron chi connectivity index (χ2n) is 5.70. The largest absolute Gasteiger partial charge is 0.478 e. The average Bonchev–Trinajstić information content (AvgIpc) is 3.04. The number of fused-ring (bicyclic) bond motifs is 3. The molecule has 120 valence electrons. The van der Waals surface area contributed by atoms with Crippen LogP contribution in [-0.4, -0.2) is 16.1 Å². The van der Waals surface area contributed by atoms with E-state index in [1.54, 1.807) is 23.5 Å². The molecule has 5 nitrogen and oxygen atoms in total. The normalized spacial score (nSPS) is 14.5. The number of anilines is 1. The van der Waals surface area contributed by atoms with Crippen LogP contribution in [0, 0.1) is 0 Å². The molecule has 0 radical (unpaired) electrons. The van der Waals surface area contributed by atoms with Gasteiger partial charge >= 0.3 is 5.97 Å². The van der Waals surface area contributed by atoms with Gasteiger partial charge in [0.25, 0.3) is 0 Å². The van der Waals surface area contributed by atoms with Gasteiger partial charge in [0.2, 0.25) is 0 Å². The van der Waals surface area contributed by atoms with Gasteiger partial charge in [-0.1, -0.05) is 12.1 Å². The van der Waals surface area contributed by atoms with E-state index in [-0.39, 0.29) is 5.56 Å². The molecule has 0 unspecified atom stereocenters. The molecule has 0 bridgehead atoms. The number of hydrogen-bond donors (Lipinski definition) is 3. The number of nitrogens with zero attached hydrogens (tertiary/aromatic N) is 1. The van der Waals surface area contributed by atoms with E-state index in [4.69, 9.17) is 5.73 Å². The first-order valence-electron chi connectivity index (χ1n) is 7.59. The summed E-state index contributed by atoms with van der Waals surface area (Å²) < 4.78 is 1.10. The lowest BCUT2D eigenvalue weighted by molar-refractivity contribution is 0.0697. The summed E-state index contributed by atoms with van der Waals surface area (Å²) in [6.07, 6.45) is 5.69. The van der Waals surface area contributed by atoms with Gasteiger partial charge in [-0.25, -0.2) is 9.78 Å². The maximum absolute atomic E-state index is 11.2. The van der Waals surface area contributed by atoms with E-state index in [0.29, 0.717) is 5.52 Å². The Morgan fingerprint density at radius 1 is 1.29 bits per heavy atom. The molecule has 0 saturated carbocycles. The van der Waals surface area contributed by atoms with Crippen LogP contribution < -0.4 is 11.1 Å². The van der Waals surface area contributed by atoms with Crippen molar-refractivity contribution in [2.75, 3.05) is 5.32 Å². The fourth-order valence-electron chi connectivity index (χ4n) is 2.91. The number of aromatic carboxylic acids is 1. The van der Waals surface area contributed by atoms with Gasteiger partial charge in [-0.3, -0.25) is 0 Å². The van der Waals surface area contributed by atoms with Crippen LogP contribution in [-0.2, 0) is 0 Å². The molecule has 6 heteroatoms. The standard InChI is InChI=1S/C18H15N3O2S/c19-11-2-1-3-12(9-11)20-17-14-6-7-24-16(14)13-5-4-10(18(22)23)8-15(13)21-17/h2,4-9H,1,3,19H2,(H,20,21)(H,22,23). The molecule has 1 aliphatic carbocycles. The van der Waals surface area contributed by atoms with Crippen LogP contribution in [0.25, 0.3) is 21.0 Å². The van der Waals surface area contributed by atoms with Crippen molar-refractivity contribution in [1.29, 1.82) is 0 Å². The molecular weight excluding hydrogens is 322 g/mol. The van der Waals surface area contributed by atoms with Crippen molar-refractivity contribution in [3.8, 4) is 0 Å². The first-order chi connectivity index (χ1) is 11.6. The molecular formula is C18H15N3O2S. The molecule has 2 heterocycles. The molecule has 0 aliphatic heterocycles. The van der Waals surface area contributed by atoms with Crippen molar-refractivity contribution in [2.24, 2.45) is 5.73 Å². The van der Waals surface area contributed by atoms with Gasteiger partial charge in [0, 0.05) is 26.9 Å². The van der Waals surface area contributed by atoms with E-state index in [9.17, 15) is 9.90 Å². The van der Waals surface area contributed by atoms with E-state index < -0.39 is 5.97 Å². The Hall–Kier alpha value is -2.86. The molecule has 0 spiro atoms. The number of benzene rings is 1. The van der Waals surface area contributed by atoms with E-state index in [0.717, 1.165) is 45.5 Å². The van der Waals surface area contributed by atoms with Crippen LogP contribution in [0.2, 0.25) is 0 Å². The van der Waals surface area contributed by atoms with E-state index in [2.05, 4.69) is 10.3 Å². The molecule has 1 aliphatic rings. The van der Waals surface area contributed by atoms with Crippen molar-refractivity contribution in [3.63, 3.8) is 0 Å². The predicted octanol–water partition coefficient (Wildman–Crippen LogP) is 4.08. The highest BCUT2D eigenvalue weighted by atomic mass is 32.1. The molecule has 2 aromatic heterocycles. The van der Waals surface area contributed by atoms with Crippen molar-refractivity contribution >= 4 is 44.1 Å². The maximum atomic E-state index is 11.2. The first-order valence-corrected chi connectivity index (χ1v) is 8.47. The van der Waals surface area contributed by atoms with Crippen molar-refractivity contribution in [3.05, 3.63) is 58.8 Å². The van der Waals surface area contributed by atoms with Gasteiger partial charge in [0.05, 0.1) is 11.1 Å². The molecule has 3 aromatic rings. The summed E-state index contributed by atoms with van der Waals surface area (Å²) in [5.41, 5.74) is 8.55. The third-order valence-corrected chi connectivity index (χ3v) is 5.00. The second kappa shape index (κ2) is 5.65. The Morgan fingerprint density at radius 3 is 2.96 bits per heavy atom. The molecule has 0 saturated heterocycles. The Morgan fingerprint density at radius 2 is 2.17 bits per heavy atom. The molecule has 0 fully saturated rings. The lowest BCUT2D eigenvalue weighted by Gasteiger charge is -2.15. The summed E-state index contributed by atoms with van der Waals surface area (Å²) in [6.45, 7) is 0. The maximum Gasteiger partial charge on any atom is 0.335 e. The van der Waals surface area contributed by atoms with E-state index in [1.807, 2.05) is 29.7 Å². The highest BCUT2D eigenvalue weighted by Crippen LogP contribution is 2.34. The highest BCUT2D eigenvalue weighted by Gasteiger charge is 2.13. The van der Waals surface area contributed by atoms with E-state index in [1.165, 1.54) is 0 Å². The summed E-state index contributed by atoms with van der Waals surface area (Å²) in [5, 5.41) is 16.6. The smallest absolute Gasteiger partial charge is 0.335 e. The number of rotatable bonds is 3. The number of carboxylic acids is 1. The average molecular weight is 337 g/mol. The molecule has 0 amide bonds. The fraction of sp³-hybridized carbons (Fsp3) is 0.111. The third-order valence-electron chi connectivity index (χ3n) is 4.06. The second-order valence-corrected chi connectivity index (χ2v) is 6.61. The first kappa shape index (κ1) is 14.7. The van der Waals surface area contributed by atoms with Gasteiger partial charge in [0.1, 0.15) is 5.82 Å². The SMILES string of the molecule is NC1=CCCC(Nc2nc3cc(C(=O)O)ccc3c3sccc23)=C1. The monoisotopic (exact) mass is 337 g/mol. The number of thiophene rings is 1. The van der Waals surface area contributed by atoms with Crippen molar-refractivity contribution in [2.45, 2.75) is 12.8 Å². The quantitative estimate of drug-likeness (QED) is 0.670. The zero-order valence-corrected chi connectivity index (χ0v) is 13.6. The molecule has 4 rings (SSSR count). The third kappa shape index (κ3) is 2.51. The zero-order valence-electron chi connectivity index (χ0n) is 12.7. The lowest BCUT2D eigenvalue weighted by atomic mass is 10.1. The minimum absolute atomic E-state index is 0.237. The van der Waals surface area contributed by atoms with E-state index >= 15 is 0 Å². The Kier molecular flexibility index (Phi) is 3.46.